The van der Waals surface area contributed by atoms with Crippen molar-refractivity contribution >= 4 is 23.1 Å². The van der Waals surface area contributed by atoms with E-state index in [1.165, 1.54) is 5.56 Å². The van der Waals surface area contributed by atoms with Gasteiger partial charge < -0.3 is 10.2 Å². The van der Waals surface area contributed by atoms with Gasteiger partial charge in [0.15, 0.2) is 0 Å². The van der Waals surface area contributed by atoms with Crippen molar-refractivity contribution in [1.29, 1.82) is 0 Å². The van der Waals surface area contributed by atoms with E-state index in [9.17, 15) is 4.79 Å². The quantitative estimate of drug-likeness (QED) is 0.919. The molecule has 1 saturated carbocycles. The SMILES string of the molecule is CNc1cc(C(=O)N(Cc2ccsc2)C2CC2)ccn1. The first-order chi connectivity index (χ1) is 9.78. The molecular formula is C15H17N3OS. The molecule has 0 spiro atoms. The highest BCUT2D eigenvalue weighted by atomic mass is 32.1. The number of carbonyl (C=O) groups is 1. The smallest absolute Gasteiger partial charge is 0.254 e. The topological polar surface area (TPSA) is 45.2 Å². The van der Waals surface area contributed by atoms with Gasteiger partial charge >= 0.3 is 0 Å². The van der Waals surface area contributed by atoms with Gasteiger partial charge in [-0.1, -0.05) is 0 Å². The summed E-state index contributed by atoms with van der Waals surface area (Å²) in [5.41, 5.74) is 1.91. The number of nitrogens with zero attached hydrogens (tertiary/aromatic N) is 2. The molecule has 0 saturated heterocycles. The number of hydrogen-bond donors (Lipinski definition) is 1. The van der Waals surface area contributed by atoms with Gasteiger partial charge in [-0.2, -0.15) is 11.3 Å². The van der Waals surface area contributed by atoms with E-state index in [-0.39, 0.29) is 5.91 Å². The monoisotopic (exact) mass is 287 g/mol. The molecule has 3 rings (SSSR count). The van der Waals surface area contributed by atoms with E-state index >= 15 is 0 Å². The Balaban J connectivity index is 1.81. The van der Waals surface area contributed by atoms with E-state index in [1.807, 2.05) is 11.0 Å². The molecule has 0 unspecified atom stereocenters. The molecule has 0 bridgehead atoms. The highest BCUT2D eigenvalue weighted by Crippen LogP contribution is 2.30. The maximum absolute atomic E-state index is 12.7. The van der Waals surface area contributed by atoms with Crippen LogP contribution in [0.3, 0.4) is 0 Å². The number of rotatable bonds is 5. The van der Waals surface area contributed by atoms with E-state index in [2.05, 4.69) is 27.1 Å². The minimum absolute atomic E-state index is 0.0950. The van der Waals surface area contributed by atoms with Crippen LogP contribution in [0.2, 0.25) is 0 Å². The predicted octanol–water partition coefficient (Wildman–Crippen LogP) is 2.99. The van der Waals surface area contributed by atoms with Crippen molar-refractivity contribution in [1.82, 2.24) is 9.88 Å². The van der Waals surface area contributed by atoms with Gasteiger partial charge in [0.05, 0.1) is 0 Å². The first-order valence-corrected chi connectivity index (χ1v) is 7.68. The van der Waals surface area contributed by atoms with Gasteiger partial charge in [0.2, 0.25) is 0 Å². The second-order valence-corrected chi connectivity index (χ2v) is 5.76. The van der Waals surface area contributed by atoms with Gasteiger partial charge in [0, 0.05) is 31.4 Å². The summed E-state index contributed by atoms with van der Waals surface area (Å²) in [6.45, 7) is 0.699. The summed E-state index contributed by atoms with van der Waals surface area (Å²) in [6.07, 6.45) is 3.90. The molecule has 20 heavy (non-hydrogen) atoms. The van der Waals surface area contributed by atoms with Crippen molar-refractivity contribution in [3.8, 4) is 0 Å². The fourth-order valence-electron chi connectivity index (χ4n) is 2.20. The minimum atomic E-state index is 0.0950. The summed E-state index contributed by atoms with van der Waals surface area (Å²) in [6, 6.07) is 6.07. The van der Waals surface area contributed by atoms with Crippen LogP contribution in [0.15, 0.2) is 35.2 Å². The third-order valence-corrected chi connectivity index (χ3v) is 4.18. The van der Waals surface area contributed by atoms with Crippen molar-refractivity contribution in [3.63, 3.8) is 0 Å². The number of aromatic nitrogens is 1. The molecule has 5 heteroatoms. The molecule has 2 aromatic rings. The maximum atomic E-state index is 12.7. The zero-order valence-corrected chi connectivity index (χ0v) is 12.2. The third kappa shape index (κ3) is 2.82. The van der Waals surface area contributed by atoms with Crippen LogP contribution in [0.25, 0.3) is 0 Å². The van der Waals surface area contributed by atoms with Crippen molar-refractivity contribution < 1.29 is 4.79 Å². The first kappa shape index (κ1) is 13.1. The fraction of sp³-hybridized carbons (Fsp3) is 0.333. The molecule has 0 radical (unpaired) electrons. The molecule has 4 nitrogen and oxygen atoms in total. The summed E-state index contributed by atoms with van der Waals surface area (Å²) in [5.74, 6) is 0.819. The molecule has 1 fully saturated rings. The molecule has 104 valence electrons. The number of hydrogen-bond acceptors (Lipinski definition) is 4. The Morgan fingerprint density at radius 1 is 1.50 bits per heavy atom. The Bertz CT molecular complexity index is 593. The van der Waals surface area contributed by atoms with Crippen molar-refractivity contribution in [2.45, 2.75) is 25.4 Å². The summed E-state index contributed by atoms with van der Waals surface area (Å²) >= 11 is 1.67. The van der Waals surface area contributed by atoms with Gasteiger partial charge in [0.1, 0.15) is 5.82 Å². The van der Waals surface area contributed by atoms with Crippen molar-refractivity contribution in [2.24, 2.45) is 0 Å². The van der Waals surface area contributed by atoms with Crippen LogP contribution in [0.4, 0.5) is 5.82 Å². The number of anilines is 1. The van der Waals surface area contributed by atoms with Crippen LogP contribution >= 0.6 is 11.3 Å². The highest BCUT2D eigenvalue weighted by Gasteiger charge is 2.33. The zero-order chi connectivity index (χ0) is 13.9. The Labute approximate surface area is 122 Å². The van der Waals surface area contributed by atoms with Gasteiger partial charge in [-0.3, -0.25) is 4.79 Å². The lowest BCUT2D eigenvalue weighted by molar-refractivity contribution is 0.0730. The molecule has 2 heterocycles. The molecular weight excluding hydrogens is 270 g/mol. The first-order valence-electron chi connectivity index (χ1n) is 6.74. The molecule has 1 aliphatic rings. The average molecular weight is 287 g/mol. The number of amides is 1. The number of pyridine rings is 1. The van der Waals surface area contributed by atoms with Gasteiger partial charge in [-0.05, 0) is 47.4 Å². The summed E-state index contributed by atoms with van der Waals surface area (Å²) in [5, 5.41) is 7.13. The largest absolute Gasteiger partial charge is 0.373 e. The van der Waals surface area contributed by atoms with Crippen LogP contribution < -0.4 is 5.32 Å². The second kappa shape index (κ2) is 5.63. The van der Waals surface area contributed by atoms with Gasteiger partial charge in [-0.15, -0.1) is 0 Å². The second-order valence-electron chi connectivity index (χ2n) is 4.98. The minimum Gasteiger partial charge on any atom is -0.373 e. The standard InChI is InChI=1S/C15H17N3OS/c1-16-14-8-12(4-6-17-14)15(19)18(13-2-3-13)9-11-5-7-20-10-11/h4-8,10,13H,2-3,9H2,1H3,(H,16,17). The molecule has 0 aromatic carbocycles. The lowest BCUT2D eigenvalue weighted by Gasteiger charge is -2.22. The highest BCUT2D eigenvalue weighted by molar-refractivity contribution is 7.07. The molecule has 0 aliphatic heterocycles. The Morgan fingerprint density at radius 2 is 2.35 bits per heavy atom. The van der Waals surface area contributed by atoms with E-state index in [4.69, 9.17) is 0 Å². The van der Waals surface area contributed by atoms with Crippen molar-refractivity contribution in [2.75, 3.05) is 12.4 Å². The lowest BCUT2D eigenvalue weighted by atomic mass is 10.2. The van der Waals surface area contributed by atoms with Crippen LogP contribution in [0, 0.1) is 0 Å². The average Bonchev–Trinajstić information content (AvgIpc) is 3.20. The molecule has 1 amide bonds. The van der Waals surface area contributed by atoms with Crippen molar-refractivity contribution in [3.05, 3.63) is 46.3 Å². The van der Waals surface area contributed by atoms with E-state index in [0.29, 0.717) is 18.2 Å². The van der Waals surface area contributed by atoms with E-state index in [1.54, 1.807) is 30.6 Å². The van der Waals surface area contributed by atoms with Crippen LogP contribution in [-0.2, 0) is 6.54 Å². The number of thiophene rings is 1. The Kier molecular flexibility index (Phi) is 3.69. The van der Waals surface area contributed by atoms with E-state index < -0.39 is 0 Å². The normalized spacial score (nSPS) is 14.1. The molecule has 0 atom stereocenters. The fourth-order valence-corrected chi connectivity index (χ4v) is 2.86. The molecule has 1 aliphatic carbocycles. The van der Waals surface area contributed by atoms with Crippen LogP contribution in [0.1, 0.15) is 28.8 Å². The Morgan fingerprint density at radius 3 is 3.00 bits per heavy atom. The van der Waals surface area contributed by atoms with Crippen LogP contribution in [-0.4, -0.2) is 28.9 Å². The summed E-state index contributed by atoms with van der Waals surface area (Å²) in [7, 11) is 1.81. The van der Waals surface area contributed by atoms with Gasteiger partial charge in [-0.25, -0.2) is 4.98 Å². The zero-order valence-electron chi connectivity index (χ0n) is 11.4. The van der Waals surface area contributed by atoms with Gasteiger partial charge in [0.25, 0.3) is 5.91 Å². The summed E-state index contributed by atoms with van der Waals surface area (Å²) < 4.78 is 0. The molecule has 2 aromatic heterocycles. The number of nitrogens with one attached hydrogen (secondary N) is 1. The van der Waals surface area contributed by atoms with E-state index in [0.717, 1.165) is 18.7 Å². The third-order valence-electron chi connectivity index (χ3n) is 3.44. The summed E-state index contributed by atoms with van der Waals surface area (Å²) in [4.78, 5) is 18.8. The number of carbonyl (C=O) groups excluding carboxylic acids is 1. The molecule has 1 N–H and O–H groups in total. The lowest BCUT2D eigenvalue weighted by Crippen LogP contribution is -2.32. The maximum Gasteiger partial charge on any atom is 0.254 e. The Hall–Kier alpha value is -1.88. The van der Waals surface area contributed by atoms with Crippen LogP contribution in [0.5, 0.6) is 0 Å². The predicted molar refractivity (Wildman–Crippen MR) is 81.0 cm³/mol.